The average molecular weight is 222 g/mol. The molecule has 0 radical (unpaired) electrons. The van der Waals surface area contributed by atoms with E-state index in [-0.39, 0.29) is 6.10 Å². The summed E-state index contributed by atoms with van der Waals surface area (Å²) in [6.07, 6.45) is -0.422. The number of hydrogen-bond donors (Lipinski definition) is 1. The first-order valence-corrected chi connectivity index (χ1v) is 5.60. The summed E-state index contributed by atoms with van der Waals surface area (Å²) in [5, 5.41) is 9.46. The van der Waals surface area contributed by atoms with E-state index in [4.69, 9.17) is 9.47 Å². The lowest BCUT2D eigenvalue weighted by Crippen LogP contribution is -2.27. The van der Waals surface area contributed by atoms with Crippen molar-refractivity contribution in [1.82, 2.24) is 0 Å². The molecule has 0 aliphatic carbocycles. The highest BCUT2D eigenvalue weighted by molar-refractivity contribution is 5.13. The molecule has 1 aromatic carbocycles. The molecule has 1 aliphatic heterocycles. The molecule has 1 fully saturated rings. The normalized spacial score (nSPS) is 30.1. The standard InChI is InChI=1S/C13H18O3/c1-10(14)13(2)12(16-13)9-15-8-11-6-4-3-5-7-11/h3-7,10,12,14H,8-9H2,1-2H3/t10-,12-,13-/m1/s1. The molecule has 0 aromatic heterocycles. The largest absolute Gasteiger partial charge is 0.390 e. The topological polar surface area (TPSA) is 42.0 Å². The van der Waals surface area contributed by atoms with Crippen LogP contribution in [0, 0.1) is 0 Å². The van der Waals surface area contributed by atoms with E-state index in [2.05, 4.69) is 0 Å². The van der Waals surface area contributed by atoms with Gasteiger partial charge < -0.3 is 14.6 Å². The molecule has 2 rings (SSSR count). The summed E-state index contributed by atoms with van der Waals surface area (Å²) in [5.74, 6) is 0. The minimum absolute atomic E-state index is 0.0243. The van der Waals surface area contributed by atoms with Gasteiger partial charge in [-0.25, -0.2) is 0 Å². The van der Waals surface area contributed by atoms with Crippen LogP contribution in [0.2, 0.25) is 0 Å². The molecule has 16 heavy (non-hydrogen) atoms. The Labute approximate surface area is 96.0 Å². The van der Waals surface area contributed by atoms with E-state index in [0.717, 1.165) is 5.56 Å². The third-order valence-electron chi connectivity index (χ3n) is 3.19. The van der Waals surface area contributed by atoms with E-state index in [1.54, 1.807) is 6.92 Å². The fraction of sp³-hybridized carbons (Fsp3) is 0.538. The summed E-state index contributed by atoms with van der Waals surface area (Å²) in [6, 6.07) is 10.0. The van der Waals surface area contributed by atoms with Crippen molar-refractivity contribution in [2.24, 2.45) is 0 Å². The first-order valence-electron chi connectivity index (χ1n) is 5.60. The van der Waals surface area contributed by atoms with Gasteiger partial charge in [0.2, 0.25) is 0 Å². The lowest BCUT2D eigenvalue weighted by atomic mass is 10.0. The molecule has 1 N–H and O–H groups in total. The summed E-state index contributed by atoms with van der Waals surface area (Å²) in [4.78, 5) is 0. The van der Waals surface area contributed by atoms with Gasteiger partial charge in [-0.05, 0) is 19.4 Å². The molecule has 0 amide bonds. The zero-order chi connectivity index (χ0) is 11.6. The fourth-order valence-corrected chi connectivity index (χ4v) is 1.70. The highest BCUT2D eigenvalue weighted by atomic mass is 16.6. The highest BCUT2D eigenvalue weighted by Crippen LogP contribution is 2.39. The van der Waals surface area contributed by atoms with Crippen LogP contribution in [-0.4, -0.2) is 29.5 Å². The molecule has 0 spiro atoms. The Kier molecular flexibility index (Phi) is 3.28. The fourth-order valence-electron chi connectivity index (χ4n) is 1.70. The molecule has 1 aliphatic rings. The molecule has 1 saturated heterocycles. The number of benzene rings is 1. The predicted molar refractivity (Wildman–Crippen MR) is 61.1 cm³/mol. The molecule has 88 valence electrons. The van der Waals surface area contributed by atoms with E-state index in [1.165, 1.54) is 0 Å². The molecule has 0 unspecified atom stereocenters. The van der Waals surface area contributed by atoms with Crippen molar-refractivity contribution in [3.8, 4) is 0 Å². The number of aliphatic hydroxyl groups is 1. The Morgan fingerprint density at radius 1 is 1.44 bits per heavy atom. The number of hydrogen-bond acceptors (Lipinski definition) is 3. The maximum Gasteiger partial charge on any atom is 0.120 e. The third-order valence-corrected chi connectivity index (χ3v) is 3.19. The minimum Gasteiger partial charge on any atom is -0.390 e. The van der Waals surface area contributed by atoms with Crippen molar-refractivity contribution in [3.05, 3.63) is 35.9 Å². The van der Waals surface area contributed by atoms with E-state index in [9.17, 15) is 5.11 Å². The van der Waals surface area contributed by atoms with Gasteiger partial charge in [0.05, 0.1) is 19.3 Å². The molecule has 1 heterocycles. The maximum absolute atomic E-state index is 9.46. The quantitative estimate of drug-likeness (QED) is 0.772. The van der Waals surface area contributed by atoms with Crippen molar-refractivity contribution < 1.29 is 14.6 Å². The average Bonchev–Trinajstić information content (AvgIpc) is 2.93. The van der Waals surface area contributed by atoms with Gasteiger partial charge in [-0.15, -0.1) is 0 Å². The third kappa shape index (κ3) is 2.43. The maximum atomic E-state index is 9.46. The second-order valence-corrected chi connectivity index (χ2v) is 4.47. The Morgan fingerprint density at radius 2 is 2.12 bits per heavy atom. The van der Waals surface area contributed by atoms with Crippen LogP contribution in [0.5, 0.6) is 0 Å². The SMILES string of the molecule is C[C@@H](O)[C@@]1(C)O[C@@H]1COCc1ccccc1. The second kappa shape index (κ2) is 4.53. The lowest BCUT2D eigenvalue weighted by molar-refractivity contribution is 0.100. The first-order chi connectivity index (χ1) is 7.63. The number of epoxide rings is 1. The summed E-state index contributed by atoms with van der Waals surface area (Å²) in [7, 11) is 0. The van der Waals surface area contributed by atoms with Crippen LogP contribution in [-0.2, 0) is 16.1 Å². The van der Waals surface area contributed by atoms with Crippen molar-refractivity contribution >= 4 is 0 Å². The van der Waals surface area contributed by atoms with E-state index in [0.29, 0.717) is 13.2 Å². The molecule has 3 heteroatoms. The number of ether oxygens (including phenoxy) is 2. The molecule has 3 atom stereocenters. The Balaban J connectivity index is 1.71. The Morgan fingerprint density at radius 3 is 2.69 bits per heavy atom. The van der Waals surface area contributed by atoms with Gasteiger partial charge in [-0.2, -0.15) is 0 Å². The Hall–Kier alpha value is -0.900. The van der Waals surface area contributed by atoms with Crippen LogP contribution in [0.4, 0.5) is 0 Å². The second-order valence-electron chi connectivity index (χ2n) is 4.47. The highest BCUT2D eigenvalue weighted by Gasteiger charge is 2.55. The molecule has 0 bridgehead atoms. The molecule has 3 nitrogen and oxygen atoms in total. The van der Waals surface area contributed by atoms with Gasteiger partial charge >= 0.3 is 0 Å². The lowest BCUT2D eigenvalue weighted by Gasteiger charge is -2.09. The van der Waals surface area contributed by atoms with Crippen LogP contribution in [0.15, 0.2) is 30.3 Å². The zero-order valence-corrected chi connectivity index (χ0v) is 9.72. The molecular weight excluding hydrogens is 204 g/mol. The van der Waals surface area contributed by atoms with Gasteiger partial charge in [0.1, 0.15) is 11.7 Å². The predicted octanol–water partition coefficient (Wildman–Crippen LogP) is 1.74. The van der Waals surface area contributed by atoms with Crippen molar-refractivity contribution in [2.45, 2.75) is 38.3 Å². The van der Waals surface area contributed by atoms with Crippen molar-refractivity contribution in [3.63, 3.8) is 0 Å². The van der Waals surface area contributed by atoms with Crippen LogP contribution in [0.1, 0.15) is 19.4 Å². The van der Waals surface area contributed by atoms with Crippen molar-refractivity contribution in [2.75, 3.05) is 6.61 Å². The van der Waals surface area contributed by atoms with Crippen LogP contribution in [0.25, 0.3) is 0 Å². The van der Waals surface area contributed by atoms with E-state index < -0.39 is 11.7 Å². The van der Waals surface area contributed by atoms with Gasteiger partial charge in [-0.1, -0.05) is 30.3 Å². The smallest absolute Gasteiger partial charge is 0.120 e. The van der Waals surface area contributed by atoms with Crippen molar-refractivity contribution in [1.29, 1.82) is 0 Å². The number of aliphatic hydroxyl groups excluding tert-OH is 1. The van der Waals surface area contributed by atoms with Gasteiger partial charge in [0.15, 0.2) is 0 Å². The van der Waals surface area contributed by atoms with Crippen LogP contribution in [0.3, 0.4) is 0 Å². The molecular formula is C13H18O3. The number of rotatable bonds is 5. The summed E-state index contributed by atoms with van der Waals surface area (Å²) < 4.78 is 11.0. The van der Waals surface area contributed by atoms with Crippen LogP contribution >= 0.6 is 0 Å². The summed E-state index contributed by atoms with van der Waals surface area (Å²) >= 11 is 0. The molecule has 1 aromatic rings. The van der Waals surface area contributed by atoms with Gasteiger partial charge in [-0.3, -0.25) is 0 Å². The minimum atomic E-state index is -0.446. The molecule has 0 saturated carbocycles. The Bertz CT molecular complexity index is 336. The van der Waals surface area contributed by atoms with Crippen LogP contribution < -0.4 is 0 Å². The summed E-state index contributed by atoms with van der Waals surface area (Å²) in [5.41, 5.74) is 0.748. The van der Waals surface area contributed by atoms with E-state index in [1.807, 2.05) is 37.3 Å². The zero-order valence-electron chi connectivity index (χ0n) is 9.72. The van der Waals surface area contributed by atoms with E-state index >= 15 is 0 Å². The monoisotopic (exact) mass is 222 g/mol. The summed E-state index contributed by atoms with van der Waals surface area (Å²) in [6.45, 7) is 4.79. The van der Waals surface area contributed by atoms with Gasteiger partial charge in [0.25, 0.3) is 0 Å². The first kappa shape index (κ1) is 11.6. The van der Waals surface area contributed by atoms with Gasteiger partial charge in [0, 0.05) is 0 Å².